The predicted octanol–water partition coefficient (Wildman–Crippen LogP) is 1.26. The van der Waals surface area contributed by atoms with E-state index in [2.05, 4.69) is 16.1 Å². The number of rotatable bonds is 5. The van der Waals surface area contributed by atoms with Gasteiger partial charge in [0.1, 0.15) is 10.3 Å². The lowest BCUT2D eigenvalue weighted by Crippen LogP contribution is -2.32. The molecule has 0 aromatic carbocycles. The van der Waals surface area contributed by atoms with Crippen molar-refractivity contribution in [2.75, 3.05) is 6.61 Å². The molecular weight excluding hydrogens is 226 g/mol. The first-order valence-corrected chi connectivity index (χ1v) is 6.48. The van der Waals surface area contributed by atoms with E-state index in [4.69, 9.17) is 4.74 Å². The first-order chi connectivity index (χ1) is 7.69. The second-order valence-corrected chi connectivity index (χ2v) is 4.83. The average molecular weight is 245 g/mol. The molecule has 6 heteroatoms. The van der Waals surface area contributed by atoms with Crippen LogP contribution in [-0.4, -0.2) is 28.9 Å². The molecule has 0 saturated carbocycles. The van der Waals surface area contributed by atoms with E-state index >= 15 is 0 Å². The van der Waals surface area contributed by atoms with E-state index in [1.807, 2.05) is 20.8 Å². The number of esters is 1. The van der Waals surface area contributed by atoms with Gasteiger partial charge in [-0.3, -0.25) is 4.79 Å². The van der Waals surface area contributed by atoms with Crippen molar-refractivity contribution in [2.45, 2.75) is 44.9 Å². The fraction of sp³-hybridized carbons (Fsp3) is 0.800. The Balaban J connectivity index is 2.45. The van der Waals surface area contributed by atoms with Crippen LogP contribution >= 0.6 is 11.8 Å². The average Bonchev–Trinajstić information content (AvgIpc) is 2.68. The van der Waals surface area contributed by atoms with E-state index in [-0.39, 0.29) is 17.3 Å². The summed E-state index contributed by atoms with van der Waals surface area (Å²) in [7, 11) is 0. The molecule has 0 saturated heterocycles. The van der Waals surface area contributed by atoms with Crippen molar-refractivity contribution in [1.82, 2.24) is 11.0 Å². The largest absolute Gasteiger partial charge is 0.465 e. The van der Waals surface area contributed by atoms with Gasteiger partial charge < -0.3 is 4.74 Å². The third-order valence-corrected chi connectivity index (χ3v) is 3.66. The number of carbonyl (C=O) groups is 1. The Bertz CT molecular complexity index is 271. The molecule has 2 N–H and O–H groups in total. The molecular formula is C10H19N3O2S. The second-order valence-electron chi connectivity index (χ2n) is 3.61. The van der Waals surface area contributed by atoms with Gasteiger partial charge in [-0.1, -0.05) is 25.6 Å². The number of hydrazone groups is 1. The van der Waals surface area contributed by atoms with Gasteiger partial charge in [-0.25, -0.2) is 11.0 Å². The summed E-state index contributed by atoms with van der Waals surface area (Å²) < 4.78 is 5.13. The van der Waals surface area contributed by atoms with Crippen molar-refractivity contribution in [3.63, 3.8) is 0 Å². The van der Waals surface area contributed by atoms with E-state index in [1.54, 1.807) is 0 Å². The van der Waals surface area contributed by atoms with Crippen LogP contribution in [0.25, 0.3) is 0 Å². The molecule has 1 rings (SSSR count). The number of carbonyl (C=O) groups excluding carboxylic acids is 1. The lowest BCUT2D eigenvalue weighted by atomic mass is 10.3. The minimum absolute atomic E-state index is 0.142. The third-order valence-electron chi connectivity index (χ3n) is 2.16. The molecule has 1 aliphatic rings. The summed E-state index contributed by atoms with van der Waals surface area (Å²) in [6, 6.07) is 0.151. The van der Waals surface area contributed by atoms with Crippen molar-refractivity contribution in [2.24, 2.45) is 5.10 Å². The molecule has 0 spiro atoms. The van der Waals surface area contributed by atoms with Gasteiger partial charge in [0.25, 0.3) is 0 Å². The summed E-state index contributed by atoms with van der Waals surface area (Å²) in [6.45, 7) is 6.45. The normalized spacial score (nSPS) is 21.2. The maximum Gasteiger partial charge on any atom is 0.319 e. The summed E-state index contributed by atoms with van der Waals surface area (Å²) in [5, 5.41) is 4.82. The molecule has 16 heavy (non-hydrogen) atoms. The highest BCUT2D eigenvalue weighted by Crippen LogP contribution is 2.21. The number of ether oxygens (including phenoxy) is 1. The zero-order valence-electron chi connectivity index (χ0n) is 9.95. The van der Waals surface area contributed by atoms with Crippen LogP contribution < -0.4 is 11.0 Å². The molecule has 92 valence electrons. The van der Waals surface area contributed by atoms with Gasteiger partial charge in [0.15, 0.2) is 0 Å². The first kappa shape index (κ1) is 13.3. The standard InChI is InChI=1S/C10H19N3O2S/c1-4-6-15-10(14)8(5-2)16-9-7(3)11-13-12-9/h7-8,11,13H,4-6H2,1-3H3. The van der Waals surface area contributed by atoms with E-state index in [0.29, 0.717) is 6.61 Å². The molecule has 1 aliphatic heterocycles. The van der Waals surface area contributed by atoms with Crippen LogP contribution in [0.1, 0.15) is 33.6 Å². The smallest absolute Gasteiger partial charge is 0.319 e. The Labute approximate surface area is 100 Å². The van der Waals surface area contributed by atoms with Crippen LogP contribution in [0.4, 0.5) is 0 Å². The highest BCUT2D eigenvalue weighted by atomic mass is 32.2. The van der Waals surface area contributed by atoms with Crippen molar-refractivity contribution < 1.29 is 9.53 Å². The van der Waals surface area contributed by atoms with Crippen molar-refractivity contribution in [1.29, 1.82) is 0 Å². The van der Waals surface area contributed by atoms with Crippen molar-refractivity contribution in [3.8, 4) is 0 Å². The topological polar surface area (TPSA) is 62.7 Å². The van der Waals surface area contributed by atoms with Crippen molar-refractivity contribution >= 4 is 22.8 Å². The minimum atomic E-state index is -0.158. The molecule has 2 unspecified atom stereocenters. The Morgan fingerprint density at radius 1 is 1.62 bits per heavy atom. The zero-order valence-corrected chi connectivity index (χ0v) is 10.8. The Morgan fingerprint density at radius 2 is 2.38 bits per heavy atom. The second kappa shape index (κ2) is 6.75. The predicted molar refractivity (Wildman–Crippen MR) is 66.1 cm³/mol. The maximum atomic E-state index is 11.7. The lowest BCUT2D eigenvalue weighted by molar-refractivity contribution is -0.143. The summed E-state index contributed by atoms with van der Waals surface area (Å²) in [4.78, 5) is 11.7. The number of nitrogens with zero attached hydrogens (tertiary/aromatic N) is 1. The van der Waals surface area contributed by atoms with Gasteiger partial charge in [-0.15, -0.1) is 0 Å². The van der Waals surface area contributed by atoms with Crippen LogP contribution in [0.5, 0.6) is 0 Å². The molecule has 0 bridgehead atoms. The fourth-order valence-electron chi connectivity index (χ4n) is 1.21. The summed E-state index contributed by atoms with van der Waals surface area (Å²) >= 11 is 1.47. The van der Waals surface area contributed by atoms with Gasteiger partial charge in [-0.2, -0.15) is 5.10 Å². The Kier molecular flexibility index (Phi) is 5.62. The summed E-state index contributed by atoms with van der Waals surface area (Å²) in [5.41, 5.74) is 5.65. The van der Waals surface area contributed by atoms with E-state index < -0.39 is 0 Å². The quantitative estimate of drug-likeness (QED) is 0.714. The molecule has 0 aromatic heterocycles. The van der Waals surface area contributed by atoms with Crippen LogP contribution in [0.2, 0.25) is 0 Å². The van der Waals surface area contributed by atoms with Gasteiger partial charge in [0.05, 0.1) is 12.6 Å². The zero-order chi connectivity index (χ0) is 12.0. The van der Waals surface area contributed by atoms with Crippen molar-refractivity contribution in [3.05, 3.63) is 0 Å². The molecule has 0 radical (unpaired) electrons. The fourth-order valence-corrected chi connectivity index (χ4v) is 2.19. The highest BCUT2D eigenvalue weighted by Gasteiger charge is 2.25. The minimum Gasteiger partial charge on any atom is -0.465 e. The lowest BCUT2D eigenvalue weighted by Gasteiger charge is -2.14. The maximum absolute atomic E-state index is 11.7. The van der Waals surface area contributed by atoms with Gasteiger partial charge in [-0.05, 0) is 19.8 Å². The van der Waals surface area contributed by atoms with Gasteiger partial charge in [0, 0.05) is 0 Å². The number of hydrogen-bond acceptors (Lipinski definition) is 6. The Hall–Kier alpha value is -0.750. The van der Waals surface area contributed by atoms with Gasteiger partial charge >= 0.3 is 5.97 Å². The van der Waals surface area contributed by atoms with Crippen LogP contribution in [0, 0.1) is 0 Å². The Morgan fingerprint density at radius 3 is 2.88 bits per heavy atom. The highest BCUT2D eigenvalue weighted by molar-refractivity contribution is 8.15. The molecule has 1 heterocycles. The third kappa shape index (κ3) is 3.68. The van der Waals surface area contributed by atoms with Crippen LogP contribution in [0.3, 0.4) is 0 Å². The number of nitrogens with one attached hydrogen (secondary N) is 2. The number of thioether (sulfide) groups is 1. The van der Waals surface area contributed by atoms with Gasteiger partial charge in [0.2, 0.25) is 0 Å². The van der Waals surface area contributed by atoms with E-state index in [0.717, 1.165) is 17.9 Å². The molecule has 0 amide bonds. The summed E-state index contributed by atoms with van der Waals surface area (Å²) in [6.07, 6.45) is 1.60. The monoisotopic (exact) mass is 245 g/mol. The van der Waals surface area contributed by atoms with Crippen LogP contribution in [0.15, 0.2) is 5.10 Å². The molecule has 2 atom stereocenters. The molecule has 0 fully saturated rings. The SMILES string of the molecule is CCCOC(=O)C(CC)SC1=NNNC1C. The molecule has 5 nitrogen and oxygen atoms in total. The number of hydrazine groups is 1. The summed E-state index contributed by atoms with van der Waals surface area (Å²) in [5.74, 6) is -0.142. The van der Waals surface area contributed by atoms with E-state index in [9.17, 15) is 4.79 Å². The molecule has 0 aliphatic carbocycles. The molecule has 0 aromatic rings. The number of hydrogen-bond donors (Lipinski definition) is 2. The van der Waals surface area contributed by atoms with E-state index in [1.165, 1.54) is 11.8 Å². The first-order valence-electron chi connectivity index (χ1n) is 5.60. The van der Waals surface area contributed by atoms with Crippen LogP contribution in [-0.2, 0) is 9.53 Å².